The smallest absolute Gasteiger partial charge is 0.262 e. The Morgan fingerprint density at radius 2 is 1.90 bits per heavy atom. The number of amides is 2. The summed E-state index contributed by atoms with van der Waals surface area (Å²) in [5.74, 6) is -0.861. The number of carbonyl (C=O) groups is 2. The van der Waals surface area contributed by atoms with E-state index in [1.54, 1.807) is 25.1 Å². The minimum Gasteiger partial charge on any atom is -0.503 e. The number of aromatic hydroxyl groups is 1. The van der Waals surface area contributed by atoms with Crippen LogP contribution in [-0.4, -0.2) is 35.8 Å². The van der Waals surface area contributed by atoms with Gasteiger partial charge in [-0.15, -0.1) is 0 Å². The van der Waals surface area contributed by atoms with Gasteiger partial charge in [-0.25, -0.2) is 5.43 Å². The molecular formula is C22H26ClN3O4. The molecule has 8 heteroatoms. The Bertz CT molecular complexity index is 927. The first-order chi connectivity index (χ1) is 14.2. The van der Waals surface area contributed by atoms with E-state index in [1.165, 1.54) is 12.3 Å². The summed E-state index contributed by atoms with van der Waals surface area (Å²) in [6, 6.07) is 9.38. The summed E-state index contributed by atoms with van der Waals surface area (Å²) in [5, 5.41) is 16.7. The van der Waals surface area contributed by atoms with E-state index in [1.807, 2.05) is 32.9 Å². The van der Waals surface area contributed by atoms with Crippen LogP contribution in [0.1, 0.15) is 42.3 Å². The first-order valence-electron chi connectivity index (χ1n) is 9.58. The number of hydrogen-bond acceptors (Lipinski definition) is 5. The zero-order valence-electron chi connectivity index (χ0n) is 17.4. The van der Waals surface area contributed by atoms with Gasteiger partial charge in [0.2, 0.25) is 0 Å². The van der Waals surface area contributed by atoms with Crippen molar-refractivity contribution in [2.75, 3.05) is 6.61 Å². The van der Waals surface area contributed by atoms with Crippen molar-refractivity contribution < 1.29 is 19.4 Å². The summed E-state index contributed by atoms with van der Waals surface area (Å²) in [5.41, 5.74) is 4.49. The van der Waals surface area contributed by atoms with Crippen LogP contribution < -0.4 is 15.5 Å². The normalized spacial score (nSPS) is 12.1. The molecule has 7 nitrogen and oxygen atoms in total. The second-order valence-electron chi connectivity index (χ2n) is 7.08. The number of nitrogens with zero attached hydrogens (tertiary/aromatic N) is 1. The Labute approximate surface area is 181 Å². The van der Waals surface area contributed by atoms with Gasteiger partial charge in [-0.3, -0.25) is 9.59 Å². The van der Waals surface area contributed by atoms with Gasteiger partial charge in [0.05, 0.1) is 17.8 Å². The van der Waals surface area contributed by atoms with E-state index in [0.717, 1.165) is 5.56 Å². The fourth-order valence-electron chi connectivity index (χ4n) is 2.64. The predicted octanol–water partition coefficient (Wildman–Crippen LogP) is 3.66. The predicted molar refractivity (Wildman–Crippen MR) is 117 cm³/mol. The number of halogens is 1. The number of carbonyl (C=O) groups excluding carboxylic acids is 2. The molecule has 0 aromatic heterocycles. The van der Waals surface area contributed by atoms with Crippen LogP contribution in [0.5, 0.6) is 11.5 Å². The van der Waals surface area contributed by atoms with E-state index in [9.17, 15) is 14.7 Å². The molecule has 0 radical (unpaired) electrons. The van der Waals surface area contributed by atoms with Gasteiger partial charge in [0.15, 0.2) is 11.5 Å². The van der Waals surface area contributed by atoms with Crippen molar-refractivity contribution in [2.45, 2.75) is 33.7 Å². The number of rotatable bonds is 8. The molecule has 1 unspecified atom stereocenters. The van der Waals surface area contributed by atoms with Gasteiger partial charge in [-0.2, -0.15) is 5.10 Å². The number of hydrogen-bond donors (Lipinski definition) is 3. The standard InChI is InChI=1S/C22H26ClN3O4/c1-5-30-18-11-15(10-17(23)20(18)27)12-24-26-22(29)19(13(2)3)25-21(28)16-8-6-14(4)7-9-16/h6-13,19,27H,5H2,1-4H3,(H,25,28)(H,26,29)/b24-12+. The molecule has 0 fully saturated rings. The third kappa shape index (κ3) is 6.22. The quantitative estimate of drug-likeness (QED) is 0.438. The molecule has 0 heterocycles. The summed E-state index contributed by atoms with van der Waals surface area (Å²) < 4.78 is 5.32. The highest BCUT2D eigenvalue weighted by Crippen LogP contribution is 2.34. The molecule has 2 aromatic rings. The number of aryl methyl sites for hydroxylation is 1. The van der Waals surface area contributed by atoms with Crippen LogP contribution in [0.15, 0.2) is 41.5 Å². The van der Waals surface area contributed by atoms with Crippen LogP contribution in [0, 0.1) is 12.8 Å². The fourth-order valence-corrected chi connectivity index (χ4v) is 2.86. The lowest BCUT2D eigenvalue weighted by Gasteiger charge is -2.20. The second-order valence-corrected chi connectivity index (χ2v) is 7.49. The highest BCUT2D eigenvalue weighted by molar-refractivity contribution is 6.32. The number of hydrazone groups is 1. The lowest BCUT2D eigenvalue weighted by Crippen LogP contribution is -2.48. The van der Waals surface area contributed by atoms with Gasteiger partial charge in [-0.05, 0) is 49.6 Å². The summed E-state index contributed by atoms with van der Waals surface area (Å²) in [7, 11) is 0. The Balaban J connectivity index is 2.06. The van der Waals surface area contributed by atoms with Crippen LogP contribution in [0.4, 0.5) is 0 Å². The van der Waals surface area contributed by atoms with E-state index < -0.39 is 11.9 Å². The topological polar surface area (TPSA) is 100 Å². The first kappa shape index (κ1) is 23.2. The number of phenols is 1. The van der Waals surface area contributed by atoms with E-state index in [0.29, 0.717) is 17.7 Å². The number of ether oxygens (including phenoxy) is 1. The molecule has 3 N–H and O–H groups in total. The molecule has 0 aliphatic carbocycles. The minimum absolute atomic E-state index is 0.110. The van der Waals surface area contributed by atoms with Gasteiger partial charge in [-0.1, -0.05) is 43.1 Å². The SMILES string of the molecule is CCOc1cc(/C=N/NC(=O)C(NC(=O)c2ccc(C)cc2)C(C)C)cc(Cl)c1O. The zero-order chi connectivity index (χ0) is 22.3. The monoisotopic (exact) mass is 431 g/mol. The maximum Gasteiger partial charge on any atom is 0.262 e. The molecule has 2 amide bonds. The Morgan fingerprint density at radius 3 is 2.50 bits per heavy atom. The van der Waals surface area contributed by atoms with Crippen molar-refractivity contribution in [1.82, 2.24) is 10.7 Å². The van der Waals surface area contributed by atoms with Crippen LogP contribution in [-0.2, 0) is 4.79 Å². The van der Waals surface area contributed by atoms with Gasteiger partial charge in [0, 0.05) is 5.56 Å². The average Bonchev–Trinajstić information content (AvgIpc) is 2.70. The highest BCUT2D eigenvalue weighted by atomic mass is 35.5. The zero-order valence-corrected chi connectivity index (χ0v) is 18.2. The van der Waals surface area contributed by atoms with E-state index in [4.69, 9.17) is 16.3 Å². The minimum atomic E-state index is -0.765. The molecule has 0 aliphatic heterocycles. The van der Waals surface area contributed by atoms with Gasteiger partial charge < -0.3 is 15.2 Å². The van der Waals surface area contributed by atoms with Crippen LogP contribution in [0.2, 0.25) is 5.02 Å². The number of nitrogens with one attached hydrogen (secondary N) is 2. The van der Waals surface area contributed by atoms with Gasteiger partial charge in [0.1, 0.15) is 6.04 Å². The fraction of sp³-hybridized carbons (Fsp3) is 0.318. The largest absolute Gasteiger partial charge is 0.503 e. The van der Waals surface area contributed by atoms with Crippen molar-refractivity contribution in [1.29, 1.82) is 0 Å². The third-order valence-electron chi connectivity index (χ3n) is 4.29. The van der Waals surface area contributed by atoms with Crippen LogP contribution >= 0.6 is 11.6 Å². The molecule has 2 aromatic carbocycles. The maximum absolute atomic E-state index is 12.6. The Morgan fingerprint density at radius 1 is 1.23 bits per heavy atom. The molecule has 0 bridgehead atoms. The third-order valence-corrected chi connectivity index (χ3v) is 4.58. The van der Waals surface area contributed by atoms with E-state index >= 15 is 0 Å². The summed E-state index contributed by atoms with van der Waals surface area (Å²) in [6.07, 6.45) is 1.38. The summed E-state index contributed by atoms with van der Waals surface area (Å²) in [4.78, 5) is 25.0. The van der Waals surface area contributed by atoms with Gasteiger partial charge in [0.25, 0.3) is 11.8 Å². The molecule has 0 saturated carbocycles. The maximum atomic E-state index is 12.6. The lowest BCUT2D eigenvalue weighted by atomic mass is 10.0. The van der Waals surface area contributed by atoms with Crippen molar-refractivity contribution >= 4 is 29.6 Å². The van der Waals surface area contributed by atoms with Gasteiger partial charge >= 0.3 is 0 Å². The van der Waals surface area contributed by atoms with Crippen LogP contribution in [0.25, 0.3) is 0 Å². The molecule has 0 aliphatic rings. The van der Waals surface area contributed by atoms with Crippen molar-refractivity contribution in [3.63, 3.8) is 0 Å². The van der Waals surface area contributed by atoms with Crippen molar-refractivity contribution in [3.05, 3.63) is 58.1 Å². The number of benzene rings is 2. The molecule has 2 rings (SSSR count). The molecule has 30 heavy (non-hydrogen) atoms. The molecule has 0 spiro atoms. The Kier molecular flexibility index (Phi) is 8.24. The average molecular weight is 432 g/mol. The molecule has 160 valence electrons. The molecular weight excluding hydrogens is 406 g/mol. The molecule has 0 saturated heterocycles. The van der Waals surface area contributed by atoms with E-state index in [2.05, 4.69) is 15.8 Å². The van der Waals surface area contributed by atoms with Crippen molar-refractivity contribution in [3.8, 4) is 11.5 Å². The first-order valence-corrected chi connectivity index (χ1v) is 9.96. The summed E-state index contributed by atoms with van der Waals surface area (Å²) in [6.45, 7) is 7.74. The second kappa shape index (κ2) is 10.6. The molecule has 1 atom stereocenters. The van der Waals surface area contributed by atoms with E-state index in [-0.39, 0.29) is 28.3 Å². The summed E-state index contributed by atoms with van der Waals surface area (Å²) >= 11 is 5.99. The Hall–Kier alpha value is -3.06. The van der Waals surface area contributed by atoms with Crippen LogP contribution in [0.3, 0.4) is 0 Å². The number of phenolic OH excluding ortho intramolecular Hbond substituents is 1. The lowest BCUT2D eigenvalue weighted by molar-refractivity contribution is -0.123. The van der Waals surface area contributed by atoms with Crippen molar-refractivity contribution in [2.24, 2.45) is 11.0 Å². The highest BCUT2D eigenvalue weighted by Gasteiger charge is 2.24.